The van der Waals surface area contributed by atoms with Crippen molar-refractivity contribution >= 4 is 13.7 Å². The summed E-state index contributed by atoms with van der Waals surface area (Å²) in [4.78, 5) is 4.16. The zero-order valence-electron chi connectivity index (χ0n) is 5.51. The van der Waals surface area contributed by atoms with Crippen LogP contribution in [0.3, 0.4) is 0 Å². The van der Waals surface area contributed by atoms with Crippen LogP contribution in [0.25, 0.3) is 0 Å². The largest absolute Gasteiger partial charge is 0.485 e. The fourth-order valence-corrected chi connectivity index (χ4v) is 0.790. The van der Waals surface area contributed by atoms with E-state index in [1.54, 1.807) is 0 Å². The van der Waals surface area contributed by atoms with Crippen molar-refractivity contribution in [3.05, 3.63) is 0 Å². The standard InChI is InChI=1S/C5H10BNO/c1-3-5(6)8-4(2)7-3/h3,5H,6H2,1-2H3. The van der Waals surface area contributed by atoms with E-state index in [-0.39, 0.29) is 6.00 Å². The van der Waals surface area contributed by atoms with E-state index >= 15 is 0 Å². The first kappa shape index (κ1) is 5.67. The summed E-state index contributed by atoms with van der Waals surface area (Å²) in [5, 5.41) is 0. The van der Waals surface area contributed by atoms with E-state index in [1.807, 2.05) is 14.8 Å². The van der Waals surface area contributed by atoms with Gasteiger partial charge in [0.25, 0.3) is 0 Å². The van der Waals surface area contributed by atoms with Gasteiger partial charge in [-0.3, -0.25) is 0 Å². The molecule has 0 spiro atoms. The molecule has 3 heteroatoms. The van der Waals surface area contributed by atoms with Gasteiger partial charge in [-0.2, -0.15) is 0 Å². The summed E-state index contributed by atoms with van der Waals surface area (Å²) in [5.74, 6) is 0.824. The Bertz CT molecular complexity index is 124. The van der Waals surface area contributed by atoms with Gasteiger partial charge in [0.2, 0.25) is 0 Å². The molecule has 0 saturated carbocycles. The highest BCUT2D eigenvalue weighted by atomic mass is 16.5. The Morgan fingerprint density at radius 3 is 2.50 bits per heavy atom. The summed E-state index contributed by atoms with van der Waals surface area (Å²) < 4.78 is 5.22. The van der Waals surface area contributed by atoms with Crippen LogP contribution in [-0.2, 0) is 4.74 Å². The molecule has 0 aliphatic carbocycles. The minimum absolute atomic E-state index is 0.287. The smallest absolute Gasteiger partial charge is 0.179 e. The van der Waals surface area contributed by atoms with Gasteiger partial charge in [-0.1, -0.05) is 0 Å². The molecule has 8 heavy (non-hydrogen) atoms. The maximum Gasteiger partial charge on any atom is 0.179 e. The number of hydrogen-bond donors (Lipinski definition) is 0. The van der Waals surface area contributed by atoms with Gasteiger partial charge in [-0.05, 0) is 6.92 Å². The molecule has 0 aromatic carbocycles. The average molecular weight is 111 g/mol. The highest BCUT2D eigenvalue weighted by Crippen LogP contribution is 2.08. The van der Waals surface area contributed by atoms with Crippen molar-refractivity contribution in [3.8, 4) is 0 Å². The van der Waals surface area contributed by atoms with Crippen LogP contribution in [0.15, 0.2) is 4.99 Å². The number of rotatable bonds is 0. The van der Waals surface area contributed by atoms with E-state index < -0.39 is 0 Å². The molecule has 1 aliphatic heterocycles. The zero-order chi connectivity index (χ0) is 6.15. The molecule has 1 rings (SSSR count). The van der Waals surface area contributed by atoms with Crippen molar-refractivity contribution in [2.75, 3.05) is 0 Å². The summed E-state index contributed by atoms with van der Waals surface area (Å²) in [5.41, 5.74) is 0. The number of hydrogen-bond acceptors (Lipinski definition) is 2. The van der Waals surface area contributed by atoms with Crippen LogP contribution in [0.2, 0.25) is 0 Å². The molecule has 0 fully saturated rings. The monoisotopic (exact) mass is 111 g/mol. The highest BCUT2D eigenvalue weighted by Gasteiger charge is 2.18. The number of ether oxygens (including phenoxy) is 1. The lowest BCUT2D eigenvalue weighted by molar-refractivity contribution is 0.278. The summed E-state index contributed by atoms with van der Waals surface area (Å²) in [7, 11) is 2.03. The maximum atomic E-state index is 5.22. The average Bonchev–Trinajstić information content (AvgIpc) is 1.85. The van der Waals surface area contributed by atoms with Crippen molar-refractivity contribution in [2.45, 2.75) is 25.9 Å². The lowest BCUT2D eigenvalue weighted by atomic mass is 9.94. The molecular formula is C5H10BNO. The van der Waals surface area contributed by atoms with Crippen molar-refractivity contribution < 1.29 is 4.74 Å². The topological polar surface area (TPSA) is 21.6 Å². The maximum absolute atomic E-state index is 5.22. The van der Waals surface area contributed by atoms with E-state index in [0.717, 1.165) is 5.90 Å². The van der Waals surface area contributed by atoms with Crippen LogP contribution >= 0.6 is 0 Å². The fourth-order valence-electron chi connectivity index (χ4n) is 0.790. The Kier molecular flexibility index (Phi) is 1.28. The van der Waals surface area contributed by atoms with Crippen LogP contribution in [0, 0.1) is 0 Å². The minimum atomic E-state index is 0.287. The van der Waals surface area contributed by atoms with Gasteiger partial charge >= 0.3 is 0 Å². The van der Waals surface area contributed by atoms with Crippen LogP contribution in [0.1, 0.15) is 13.8 Å². The summed E-state index contributed by atoms with van der Waals surface area (Å²) >= 11 is 0. The van der Waals surface area contributed by atoms with E-state index in [9.17, 15) is 0 Å². The Labute approximate surface area is 50.4 Å². The molecule has 0 radical (unpaired) electrons. The molecule has 0 bridgehead atoms. The molecule has 0 amide bonds. The normalized spacial score (nSPS) is 36.5. The van der Waals surface area contributed by atoms with Gasteiger partial charge < -0.3 is 4.74 Å². The third-order valence-electron chi connectivity index (χ3n) is 1.42. The van der Waals surface area contributed by atoms with E-state index in [0.29, 0.717) is 6.04 Å². The minimum Gasteiger partial charge on any atom is -0.485 e. The third-order valence-corrected chi connectivity index (χ3v) is 1.42. The Morgan fingerprint density at radius 2 is 2.38 bits per heavy atom. The van der Waals surface area contributed by atoms with Gasteiger partial charge in [0, 0.05) is 6.92 Å². The van der Waals surface area contributed by atoms with Gasteiger partial charge in [0.05, 0.1) is 12.0 Å². The lowest BCUT2D eigenvalue weighted by Gasteiger charge is -2.05. The van der Waals surface area contributed by atoms with Crippen LogP contribution in [0.4, 0.5) is 0 Å². The second kappa shape index (κ2) is 1.80. The highest BCUT2D eigenvalue weighted by molar-refractivity contribution is 6.13. The second-order valence-corrected chi connectivity index (χ2v) is 2.21. The molecule has 2 unspecified atom stereocenters. The Morgan fingerprint density at radius 1 is 1.75 bits per heavy atom. The van der Waals surface area contributed by atoms with Crippen molar-refractivity contribution in [2.24, 2.45) is 4.99 Å². The molecule has 0 aromatic heterocycles. The molecular weight excluding hydrogens is 101 g/mol. The summed E-state index contributed by atoms with van der Waals surface area (Å²) in [6.45, 7) is 3.95. The van der Waals surface area contributed by atoms with Gasteiger partial charge in [0.15, 0.2) is 13.7 Å². The molecule has 44 valence electrons. The Hall–Kier alpha value is -0.465. The fraction of sp³-hybridized carbons (Fsp3) is 0.800. The molecule has 1 aliphatic rings. The van der Waals surface area contributed by atoms with E-state index in [2.05, 4.69) is 11.9 Å². The van der Waals surface area contributed by atoms with E-state index in [4.69, 9.17) is 4.74 Å². The first-order valence-electron chi connectivity index (χ1n) is 2.91. The summed E-state index contributed by atoms with van der Waals surface area (Å²) in [6.07, 6.45) is 0. The number of aliphatic imine (C=N–C) groups is 1. The quantitative estimate of drug-likeness (QED) is 0.396. The van der Waals surface area contributed by atoms with Gasteiger partial charge in [-0.15, -0.1) is 0 Å². The first-order valence-corrected chi connectivity index (χ1v) is 2.91. The second-order valence-electron chi connectivity index (χ2n) is 2.21. The molecule has 0 saturated heterocycles. The number of nitrogens with zero attached hydrogens (tertiary/aromatic N) is 1. The van der Waals surface area contributed by atoms with Crippen LogP contribution < -0.4 is 0 Å². The van der Waals surface area contributed by atoms with Crippen molar-refractivity contribution in [3.63, 3.8) is 0 Å². The molecule has 1 heterocycles. The third kappa shape index (κ3) is 0.856. The van der Waals surface area contributed by atoms with Gasteiger partial charge in [-0.25, -0.2) is 4.99 Å². The molecule has 2 nitrogen and oxygen atoms in total. The summed E-state index contributed by atoms with van der Waals surface area (Å²) in [6, 6.07) is 0.644. The zero-order valence-corrected chi connectivity index (χ0v) is 5.51. The Balaban J connectivity index is 2.56. The SMILES string of the molecule is BC1OC(C)=NC1C. The molecule has 0 aromatic rings. The van der Waals surface area contributed by atoms with Gasteiger partial charge in [0.1, 0.15) is 0 Å². The molecule has 2 atom stereocenters. The predicted molar refractivity (Wildman–Crippen MR) is 36.0 cm³/mol. The van der Waals surface area contributed by atoms with Crippen molar-refractivity contribution in [1.29, 1.82) is 0 Å². The predicted octanol–water partition coefficient (Wildman–Crippen LogP) is -0.217. The van der Waals surface area contributed by atoms with E-state index in [1.165, 1.54) is 0 Å². The first-order chi connectivity index (χ1) is 3.70. The lowest BCUT2D eigenvalue weighted by Crippen LogP contribution is -2.18. The van der Waals surface area contributed by atoms with Crippen LogP contribution in [0.5, 0.6) is 0 Å². The van der Waals surface area contributed by atoms with Crippen LogP contribution in [-0.4, -0.2) is 25.8 Å². The molecule has 0 N–H and O–H groups in total. The van der Waals surface area contributed by atoms with Crippen molar-refractivity contribution in [1.82, 2.24) is 0 Å².